The third-order valence-electron chi connectivity index (χ3n) is 4.30. The van der Waals surface area contributed by atoms with E-state index in [4.69, 9.17) is 9.47 Å². The number of amides is 2. The zero-order valence-electron chi connectivity index (χ0n) is 17.9. The predicted octanol–water partition coefficient (Wildman–Crippen LogP) is 3.61. The van der Waals surface area contributed by atoms with E-state index in [-0.39, 0.29) is 35.6 Å². The standard InChI is InChI=1S/C20H22N4O8S/c1-31-13-3-5-15(17(11-13)23(27)28)21-19(25)7-9-33-10-8-20(26)22-16-6-4-14(32-2)12-18(16)24(29)30/h3-6,11-12H,7-10H2,1-2H3,(H,21,25)(H,22,26). The van der Waals surface area contributed by atoms with Crippen LogP contribution in [0.3, 0.4) is 0 Å². The summed E-state index contributed by atoms with van der Waals surface area (Å²) in [6, 6.07) is 8.23. The summed E-state index contributed by atoms with van der Waals surface area (Å²) in [7, 11) is 2.76. The van der Waals surface area contributed by atoms with Crippen molar-refractivity contribution < 1.29 is 28.9 Å². The van der Waals surface area contributed by atoms with Crippen molar-refractivity contribution in [3.63, 3.8) is 0 Å². The number of nitro benzene ring substituents is 2. The highest BCUT2D eigenvalue weighted by molar-refractivity contribution is 7.99. The molecule has 176 valence electrons. The highest BCUT2D eigenvalue weighted by atomic mass is 32.2. The minimum atomic E-state index is -0.612. The molecule has 2 N–H and O–H groups in total. The van der Waals surface area contributed by atoms with Crippen LogP contribution in [0.4, 0.5) is 22.7 Å². The van der Waals surface area contributed by atoms with Gasteiger partial charge < -0.3 is 20.1 Å². The van der Waals surface area contributed by atoms with Gasteiger partial charge in [-0.1, -0.05) is 0 Å². The molecular formula is C20H22N4O8S. The smallest absolute Gasteiger partial charge is 0.296 e. The van der Waals surface area contributed by atoms with Crippen LogP contribution >= 0.6 is 11.8 Å². The zero-order valence-corrected chi connectivity index (χ0v) is 18.7. The number of nitrogens with zero attached hydrogens (tertiary/aromatic N) is 2. The van der Waals surface area contributed by atoms with E-state index >= 15 is 0 Å². The number of rotatable bonds is 12. The lowest BCUT2D eigenvalue weighted by Gasteiger charge is -2.08. The van der Waals surface area contributed by atoms with Crippen molar-refractivity contribution in [1.29, 1.82) is 0 Å². The van der Waals surface area contributed by atoms with Crippen LogP contribution in [-0.2, 0) is 9.59 Å². The first-order valence-corrected chi connectivity index (χ1v) is 10.7. The first-order valence-electron chi connectivity index (χ1n) is 9.57. The summed E-state index contributed by atoms with van der Waals surface area (Å²) in [5.74, 6) is 0.544. The molecule has 13 heteroatoms. The molecule has 0 saturated carbocycles. The lowest BCUT2D eigenvalue weighted by atomic mass is 10.2. The maximum atomic E-state index is 12.1. The zero-order chi connectivity index (χ0) is 24.4. The van der Waals surface area contributed by atoms with Crippen molar-refractivity contribution in [2.75, 3.05) is 36.4 Å². The van der Waals surface area contributed by atoms with Gasteiger partial charge in [-0.15, -0.1) is 0 Å². The van der Waals surface area contributed by atoms with Crippen molar-refractivity contribution in [2.45, 2.75) is 12.8 Å². The molecule has 2 aromatic carbocycles. The Morgan fingerprint density at radius 3 is 1.55 bits per heavy atom. The number of methoxy groups -OCH3 is 2. The van der Waals surface area contributed by atoms with Crippen molar-refractivity contribution >= 4 is 46.3 Å². The van der Waals surface area contributed by atoms with E-state index in [2.05, 4.69) is 10.6 Å². The molecule has 0 aliphatic rings. The molecule has 0 fully saturated rings. The predicted molar refractivity (Wildman–Crippen MR) is 123 cm³/mol. The fourth-order valence-corrected chi connectivity index (χ4v) is 3.51. The lowest BCUT2D eigenvalue weighted by Crippen LogP contribution is -2.15. The van der Waals surface area contributed by atoms with Crippen LogP contribution < -0.4 is 20.1 Å². The quantitative estimate of drug-likeness (QED) is 0.263. The number of nitrogens with one attached hydrogen (secondary N) is 2. The van der Waals surface area contributed by atoms with Crippen LogP contribution in [0.25, 0.3) is 0 Å². The Balaban J connectivity index is 1.78. The second-order valence-corrected chi connectivity index (χ2v) is 7.71. The molecule has 2 amide bonds. The number of thioether (sulfide) groups is 1. The van der Waals surface area contributed by atoms with Gasteiger partial charge in [0, 0.05) is 24.3 Å². The van der Waals surface area contributed by atoms with E-state index < -0.39 is 21.7 Å². The van der Waals surface area contributed by atoms with Gasteiger partial charge in [0.25, 0.3) is 11.4 Å². The fourth-order valence-electron chi connectivity index (χ4n) is 2.65. The van der Waals surface area contributed by atoms with Crippen LogP contribution in [0.5, 0.6) is 11.5 Å². The number of ether oxygens (including phenoxy) is 2. The van der Waals surface area contributed by atoms with E-state index in [1.165, 1.54) is 62.4 Å². The molecular weight excluding hydrogens is 456 g/mol. The summed E-state index contributed by atoms with van der Waals surface area (Å²) in [5.41, 5.74) is -0.424. The number of nitro groups is 2. The Morgan fingerprint density at radius 1 is 0.818 bits per heavy atom. The normalized spacial score (nSPS) is 10.2. The highest BCUT2D eigenvalue weighted by Crippen LogP contribution is 2.30. The average Bonchev–Trinajstić information content (AvgIpc) is 2.79. The van der Waals surface area contributed by atoms with Crippen LogP contribution in [-0.4, -0.2) is 47.4 Å². The second-order valence-electron chi connectivity index (χ2n) is 6.49. The van der Waals surface area contributed by atoms with Gasteiger partial charge >= 0.3 is 0 Å². The van der Waals surface area contributed by atoms with Gasteiger partial charge in [0.15, 0.2) is 0 Å². The van der Waals surface area contributed by atoms with E-state index in [1.54, 1.807) is 0 Å². The van der Waals surface area contributed by atoms with Crippen molar-refractivity contribution in [1.82, 2.24) is 0 Å². The maximum absolute atomic E-state index is 12.1. The van der Waals surface area contributed by atoms with E-state index in [9.17, 15) is 29.8 Å². The molecule has 0 bridgehead atoms. The maximum Gasteiger partial charge on any atom is 0.296 e. The van der Waals surface area contributed by atoms with E-state index in [1.807, 2.05) is 0 Å². The highest BCUT2D eigenvalue weighted by Gasteiger charge is 2.18. The van der Waals surface area contributed by atoms with Crippen LogP contribution in [0.15, 0.2) is 36.4 Å². The average molecular weight is 478 g/mol. The number of benzene rings is 2. The third kappa shape index (κ3) is 7.64. The number of carbonyl (C=O) groups is 2. The minimum Gasteiger partial charge on any atom is -0.496 e. The molecule has 2 rings (SSSR count). The summed E-state index contributed by atoms with van der Waals surface area (Å²) < 4.78 is 9.90. The second kappa shape index (κ2) is 12.2. The number of hydrogen-bond acceptors (Lipinski definition) is 9. The molecule has 0 saturated heterocycles. The topological polar surface area (TPSA) is 163 Å². The van der Waals surface area contributed by atoms with Gasteiger partial charge in [0.1, 0.15) is 22.9 Å². The Kier molecular flexibility index (Phi) is 9.42. The minimum absolute atomic E-state index is 0.0660. The van der Waals surface area contributed by atoms with Gasteiger partial charge in [0.05, 0.1) is 36.2 Å². The van der Waals surface area contributed by atoms with Crippen LogP contribution in [0, 0.1) is 20.2 Å². The molecule has 0 radical (unpaired) electrons. The molecule has 0 aliphatic heterocycles. The number of carbonyl (C=O) groups excluding carboxylic acids is 2. The Hall–Kier alpha value is -3.87. The Labute approximate surface area is 192 Å². The first kappa shape index (κ1) is 25.4. The Morgan fingerprint density at radius 2 is 1.21 bits per heavy atom. The molecule has 0 aliphatic carbocycles. The number of anilines is 2. The van der Waals surface area contributed by atoms with Crippen molar-refractivity contribution in [3.8, 4) is 11.5 Å². The Bertz CT molecular complexity index is 965. The fraction of sp³-hybridized carbons (Fsp3) is 0.300. The number of hydrogen-bond donors (Lipinski definition) is 2. The van der Waals surface area contributed by atoms with Gasteiger partial charge in [-0.05, 0) is 24.3 Å². The SMILES string of the molecule is COc1ccc(NC(=O)CCSCCC(=O)Nc2ccc(OC)cc2[N+](=O)[O-])c([N+](=O)[O-])c1. The first-order chi connectivity index (χ1) is 15.7. The molecule has 2 aromatic rings. The van der Waals surface area contributed by atoms with E-state index in [0.29, 0.717) is 23.0 Å². The lowest BCUT2D eigenvalue weighted by molar-refractivity contribution is -0.384. The molecule has 0 aromatic heterocycles. The summed E-state index contributed by atoms with van der Waals surface area (Å²) in [6.07, 6.45) is 0.166. The van der Waals surface area contributed by atoms with Gasteiger partial charge in [-0.3, -0.25) is 29.8 Å². The van der Waals surface area contributed by atoms with Crippen LogP contribution in [0.1, 0.15) is 12.8 Å². The molecule has 33 heavy (non-hydrogen) atoms. The van der Waals surface area contributed by atoms with Crippen molar-refractivity contribution in [2.24, 2.45) is 0 Å². The van der Waals surface area contributed by atoms with E-state index in [0.717, 1.165) is 0 Å². The summed E-state index contributed by atoms with van der Waals surface area (Å²) in [5, 5.41) is 27.3. The van der Waals surface area contributed by atoms with Crippen molar-refractivity contribution in [3.05, 3.63) is 56.6 Å². The third-order valence-corrected chi connectivity index (χ3v) is 5.28. The monoisotopic (exact) mass is 478 g/mol. The molecule has 12 nitrogen and oxygen atoms in total. The van der Waals surface area contributed by atoms with Gasteiger partial charge in [-0.2, -0.15) is 11.8 Å². The molecule has 0 spiro atoms. The summed E-state index contributed by atoms with van der Waals surface area (Å²) in [6.45, 7) is 0. The molecule has 0 heterocycles. The summed E-state index contributed by atoms with van der Waals surface area (Å²) >= 11 is 1.33. The van der Waals surface area contributed by atoms with Gasteiger partial charge in [-0.25, -0.2) is 0 Å². The molecule has 0 unspecified atom stereocenters. The molecule has 0 atom stereocenters. The largest absolute Gasteiger partial charge is 0.496 e. The van der Waals surface area contributed by atoms with Gasteiger partial charge in [0.2, 0.25) is 11.8 Å². The van der Waals surface area contributed by atoms with Crippen LogP contribution in [0.2, 0.25) is 0 Å². The summed E-state index contributed by atoms with van der Waals surface area (Å²) in [4.78, 5) is 45.3.